The van der Waals surface area contributed by atoms with Gasteiger partial charge in [-0.1, -0.05) is 65.7 Å². The SMILES string of the molecule is C[C@@H](c1ccccc1)n1cnc2c(c1=O)c1nc3ccccc3nc1n2-c1cc(Cl)cc(Cl)c1. The van der Waals surface area contributed by atoms with Crippen LogP contribution in [0.3, 0.4) is 0 Å². The van der Waals surface area contributed by atoms with E-state index in [1.807, 2.05) is 61.5 Å². The molecule has 1 atom stereocenters. The van der Waals surface area contributed by atoms with Crippen molar-refractivity contribution in [3.8, 4) is 5.69 Å². The highest BCUT2D eigenvalue weighted by atomic mass is 35.5. The molecule has 3 heterocycles. The second kappa shape index (κ2) is 7.94. The van der Waals surface area contributed by atoms with Crippen molar-refractivity contribution in [1.29, 1.82) is 0 Å². The zero-order valence-electron chi connectivity index (χ0n) is 18.0. The molecular formula is C26H17Cl2N5O. The summed E-state index contributed by atoms with van der Waals surface area (Å²) in [6.45, 7) is 1.97. The average molecular weight is 486 g/mol. The quantitative estimate of drug-likeness (QED) is 0.299. The maximum atomic E-state index is 13.9. The summed E-state index contributed by atoms with van der Waals surface area (Å²) in [4.78, 5) is 28.3. The molecule has 166 valence electrons. The molecule has 0 amide bonds. The van der Waals surface area contributed by atoms with Gasteiger partial charge in [0.2, 0.25) is 0 Å². The van der Waals surface area contributed by atoms with Crippen molar-refractivity contribution in [1.82, 2.24) is 24.1 Å². The normalized spacial score (nSPS) is 12.6. The molecular weight excluding hydrogens is 469 g/mol. The molecule has 6 rings (SSSR count). The van der Waals surface area contributed by atoms with Gasteiger partial charge in [-0.05, 0) is 42.8 Å². The van der Waals surface area contributed by atoms with Crippen LogP contribution in [0.4, 0.5) is 0 Å². The molecule has 6 nitrogen and oxygen atoms in total. The van der Waals surface area contributed by atoms with Crippen molar-refractivity contribution in [3.05, 3.63) is 105 Å². The van der Waals surface area contributed by atoms with Gasteiger partial charge in [-0.3, -0.25) is 13.9 Å². The van der Waals surface area contributed by atoms with Gasteiger partial charge < -0.3 is 0 Å². The fourth-order valence-corrected chi connectivity index (χ4v) is 4.85. The van der Waals surface area contributed by atoms with Gasteiger partial charge in [0.25, 0.3) is 5.56 Å². The summed E-state index contributed by atoms with van der Waals surface area (Å²) in [5.41, 5.74) is 4.33. The molecule has 0 saturated carbocycles. The van der Waals surface area contributed by atoms with E-state index in [0.29, 0.717) is 49.0 Å². The summed E-state index contributed by atoms with van der Waals surface area (Å²) in [5, 5.41) is 1.34. The fraction of sp³-hybridized carbons (Fsp3) is 0.0769. The molecule has 3 aromatic carbocycles. The summed E-state index contributed by atoms with van der Waals surface area (Å²) in [6.07, 6.45) is 1.57. The molecule has 0 unspecified atom stereocenters. The highest BCUT2D eigenvalue weighted by molar-refractivity contribution is 6.35. The summed E-state index contributed by atoms with van der Waals surface area (Å²) in [5.74, 6) is 0. The van der Waals surface area contributed by atoms with Crippen LogP contribution < -0.4 is 5.56 Å². The van der Waals surface area contributed by atoms with E-state index in [9.17, 15) is 4.79 Å². The molecule has 0 fully saturated rings. The zero-order valence-corrected chi connectivity index (χ0v) is 19.5. The van der Waals surface area contributed by atoms with Gasteiger partial charge in [0.05, 0.1) is 22.8 Å². The molecule has 0 N–H and O–H groups in total. The van der Waals surface area contributed by atoms with Gasteiger partial charge in [-0.15, -0.1) is 0 Å². The number of aromatic nitrogens is 5. The Hall–Kier alpha value is -3.74. The molecule has 3 aromatic heterocycles. The Morgan fingerprint density at radius 1 is 0.824 bits per heavy atom. The molecule has 8 heteroatoms. The number of nitrogens with zero attached hydrogens (tertiary/aromatic N) is 5. The zero-order chi connectivity index (χ0) is 23.4. The lowest BCUT2D eigenvalue weighted by molar-refractivity contribution is 0.608. The Balaban J connectivity index is 1.74. The number of halogens is 2. The molecule has 0 radical (unpaired) electrons. The lowest BCUT2D eigenvalue weighted by atomic mass is 10.1. The first kappa shape index (κ1) is 20.8. The lowest BCUT2D eigenvalue weighted by Gasteiger charge is -2.15. The van der Waals surface area contributed by atoms with Gasteiger partial charge in [-0.2, -0.15) is 0 Å². The van der Waals surface area contributed by atoms with Crippen molar-refractivity contribution in [3.63, 3.8) is 0 Å². The first-order valence-corrected chi connectivity index (χ1v) is 11.5. The Bertz CT molecular complexity index is 1760. The Morgan fingerprint density at radius 2 is 1.47 bits per heavy atom. The van der Waals surface area contributed by atoms with Crippen LogP contribution in [0.15, 0.2) is 83.9 Å². The number of hydrogen-bond donors (Lipinski definition) is 0. The Kier molecular flexibility index (Phi) is 4.86. The maximum absolute atomic E-state index is 13.9. The Labute approximate surface area is 204 Å². The first-order chi connectivity index (χ1) is 16.5. The predicted molar refractivity (Wildman–Crippen MR) is 136 cm³/mol. The monoisotopic (exact) mass is 485 g/mol. The lowest BCUT2D eigenvalue weighted by Crippen LogP contribution is -2.24. The van der Waals surface area contributed by atoms with Crippen LogP contribution >= 0.6 is 23.2 Å². The molecule has 0 spiro atoms. The van der Waals surface area contributed by atoms with Crippen molar-refractivity contribution >= 4 is 56.4 Å². The van der Waals surface area contributed by atoms with Gasteiger partial charge in [-0.25, -0.2) is 15.0 Å². The molecule has 0 aliphatic heterocycles. The third-order valence-electron chi connectivity index (χ3n) is 5.99. The van der Waals surface area contributed by atoms with E-state index in [1.165, 1.54) is 0 Å². The van der Waals surface area contributed by atoms with Crippen LogP contribution in [0.5, 0.6) is 0 Å². The van der Waals surface area contributed by atoms with Gasteiger partial charge >= 0.3 is 0 Å². The molecule has 0 aliphatic rings. The largest absolute Gasteiger partial charge is 0.291 e. The van der Waals surface area contributed by atoms with Crippen LogP contribution in [0.25, 0.3) is 38.9 Å². The molecule has 34 heavy (non-hydrogen) atoms. The van der Waals surface area contributed by atoms with Crippen LogP contribution in [0.1, 0.15) is 18.5 Å². The van der Waals surface area contributed by atoms with Crippen molar-refractivity contribution in [2.45, 2.75) is 13.0 Å². The number of hydrogen-bond acceptors (Lipinski definition) is 4. The maximum Gasteiger partial charge on any atom is 0.265 e. The van der Waals surface area contributed by atoms with E-state index in [4.69, 9.17) is 38.2 Å². The predicted octanol–water partition coefficient (Wildman–Crippen LogP) is 6.20. The first-order valence-electron chi connectivity index (χ1n) is 10.7. The standard InChI is InChI=1S/C26H17Cl2N5O/c1-15(16-7-3-2-4-8-16)32-14-29-24-22(26(32)34)23-25(31-21-10-6-5-9-20(21)30-23)33(24)19-12-17(27)11-18(28)13-19/h2-15H,1H3/t15-/m0/s1. The fourth-order valence-electron chi connectivity index (χ4n) is 4.33. The number of fused-ring (bicyclic) bond motifs is 4. The second-order valence-corrected chi connectivity index (χ2v) is 8.96. The highest BCUT2D eigenvalue weighted by Crippen LogP contribution is 2.31. The van der Waals surface area contributed by atoms with Gasteiger partial charge in [0, 0.05) is 10.0 Å². The van der Waals surface area contributed by atoms with E-state index in [1.54, 1.807) is 33.7 Å². The van der Waals surface area contributed by atoms with Gasteiger partial charge in [0.1, 0.15) is 17.2 Å². The van der Waals surface area contributed by atoms with Crippen LogP contribution in [0.2, 0.25) is 10.0 Å². The summed E-state index contributed by atoms with van der Waals surface area (Å²) < 4.78 is 3.42. The van der Waals surface area contributed by atoms with Crippen molar-refractivity contribution in [2.24, 2.45) is 0 Å². The summed E-state index contributed by atoms with van der Waals surface area (Å²) >= 11 is 12.6. The highest BCUT2D eigenvalue weighted by Gasteiger charge is 2.22. The summed E-state index contributed by atoms with van der Waals surface area (Å²) in [7, 11) is 0. The number of rotatable bonds is 3. The number of benzene rings is 3. The Morgan fingerprint density at radius 3 is 2.18 bits per heavy atom. The molecule has 0 aliphatic carbocycles. The minimum atomic E-state index is -0.210. The van der Waals surface area contributed by atoms with E-state index >= 15 is 0 Å². The summed E-state index contributed by atoms with van der Waals surface area (Å²) in [6, 6.07) is 22.4. The van der Waals surface area contributed by atoms with E-state index in [0.717, 1.165) is 5.56 Å². The molecule has 0 bridgehead atoms. The van der Waals surface area contributed by atoms with Crippen LogP contribution in [-0.2, 0) is 0 Å². The molecule has 6 aromatic rings. The molecule has 0 saturated heterocycles. The van der Waals surface area contributed by atoms with Crippen molar-refractivity contribution in [2.75, 3.05) is 0 Å². The topological polar surface area (TPSA) is 65.6 Å². The number of para-hydroxylation sites is 2. The van der Waals surface area contributed by atoms with Crippen molar-refractivity contribution < 1.29 is 0 Å². The van der Waals surface area contributed by atoms with E-state index in [-0.39, 0.29) is 11.6 Å². The smallest absolute Gasteiger partial charge is 0.265 e. The third-order valence-corrected chi connectivity index (χ3v) is 6.43. The minimum absolute atomic E-state index is 0.192. The minimum Gasteiger partial charge on any atom is -0.291 e. The van der Waals surface area contributed by atoms with E-state index in [2.05, 4.69) is 0 Å². The van der Waals surface area contributed by atoms with Gasteiger partial charge in [0.15, 0.2) is 11.3 Å². The third kappa shape index (κ3) is 3.26. The second-order valence-electron chi connectivity index (χ2n) is 8.09. The van der Waals surface area contributed by atoms with Crippen LogP contribution in [0, 0.1) is 0 Å². The van der Waals surface area contributed by atoms with Crippen LogP contribution in [-0.4, -0.2) is 24.1 Å². The van der Waals surface area contributed by atoms with E-state index < -0.39 is 0 Å². The average Bonchev–Trinajstić information content (AvgIpc) is 3.16.